The fourth-order valence-corrected chi connectivity index (χ4v) is 4.54. The van der Waals surface area contributed by atoms with E-state index in [4.69, 9.17) is 4.98 Å². The molecule has 108 valence electrons. The van der Waals surface area contributed by atoms with Gasteiger partial charge in [0.15, 0.2) is 0 Å². The first kappa shape index (κ1) is 15.3. The van der Waals surface area contributed by atoms with E-state index in [1.54, 1.807) is 11.3 Å². The highest BCUT2D eigenvalue weighted by Gasteiger charge is 2.32. The summed E-state index contributed by atoms with van der Waals surface area (Å²) in [5, 5.41) is 7.05. The summed E-state index contributed by atoms with van der Waals surface area (Å²) in [7, 11) is 0. The van der Waals surface area contributed by atoms with Gasteiger partial charge in [0.2, 0.25) is 0 Å². The Bertz CT molecular complexity index is 401. The molecule has 4 heteroatoms. The highest BCUT2D eigenvalue weighted by molar-refractivity contribution is 8.00. The van der Waals surface area contributed by atoms with E-state index < -0.39 is 0 Å². The molecule has 0 amide bonds. The molecule has 0 spiro atoms. The Morgan fingerprint density at radius 1 is 1.37 bits per heavy atom. The van der Waals surface area contributed by atoms with E-state index in [9.17, 15) is 0 Å². The van der Waals surface area contributed by atoms with Crippen molar-refractivity contribution in [3.8, 4) is 0 Å². The average Bonchev–Trinajstić information content (AvgIpc) is 2.97. The Labute approximate surface area is 125 Å². The van der Waals surface area contributed by atoms with E-state index in [0.29, 0.717) is 4.75 Å². The SMILES string of the molecule is CSC1(CNCc2nc(C(C)(C)C)cs2)CCCC1. The van der Waals surface area contributed by atoms with Gasteiger partial charge in [0.25, 0.3) is 0 Å². The molecule has 1 aliphatic carbocycles. The molecule has 19 heavy (non-hydrogen) atoms. The first-order chi connectivity index (χ1) is 8.95. The molecule has 0 radical (unpaired) electrons. The van der Waals surface area contributed by atoms with Crippen LogP contribution in [0.2, 0.25) is 0 Å². The Morgan fingerprint density at radius 3 is 2.58 bits per heavy atom. The molecule has 1 aliphatic rings. The third-order valence-electron chi connectivity index (χ3n) is 3.99. The Morgan fingerprint density at radius 2 is 2.05 bits per heavy atom. The van der Waals surface area contributed by atoms with Gasteiger partial charge < -0.3 is 5.32 Å². The first-order valence-electron chi connectivity index (χ1n) is 7.16. The van der Waals surface area contributed by atoms with Crippen molar-refractivity contribution >= 4 is 23.1 Å². The molecule has 1 saturated carbocycles. The highest BCUT2D eigenvalue weighted by atomic mass is 32.2. The largest absolute Gasteiger partial charge is 0.309 e. The Kier molecular flexibility index (Phi) is 4.96. The van der Waals surface area contributed by atoms with E-state index in [2.05, 4.69) is 37.7 Å². The molecule has 0 bridgehead atoms. The summed E-state index contributed by atoms with van der Waals surface area (Å²) in [6.07, 6.45) is 7.79. The van der Waals surface area contributed by atoms with E-state index in [1.165, 1.54) is 36.4 Å². The van der Waals surface area contributed by atoms with Crippen LogP contribution in [0.15, 0.2) is 5.38 Å². The van der Waals surface area contributed by atoms with Crippen molar-refractivity contribution in [3.63, 3.8) is 0 Å². The second-order valence-corrected chi connectivity index (χ2v) is 8.79. The van der Waals surface area contributed by atoms with Gasteiger partial charge in [0.05, 0.1) is 5.69 Å². The van der Waals surface area contributed by atoms with Crippen molar-refractivity contribution < 1.29 is 0 Å². The maximum absolute atomic E-state index is 4.74. The summed E-state index contributed by atoms with van der Waals surface area (Å²) < 4.78 is 0.490. The monoisotopic (exact) mass is 298 g/mol. The molecule has 1 N–H and O–H groups in total. The van der Waals surface area contributed by atoms with Crippen LogP contribution in [-0.2, 0) is 12.0 Å². The quantitative estimate of drug-likeness (QED) is 0.881. The Balaban J connectivity index is 1.84. The van der Waals surface area contributed by atoms with Gasteiger partial charge in [-0.25, -0.2) is 4.98 Å². The minimum absolute atomic E-state index is 0.167. The molecule has 1 aromatic rings. The summed E-state index contributed by atoms with van der Waals surface area (Å²) in [6.45, 7) is 8.71. The molecular weight excluding hydrogens is 272 g/mol. The van der Waals surface area contributed by atoms with Gasteiger partial charge >= 0.3 is 0 Å². The second-order valence-electron chi connectivity index (χ2n) is 6.57. The van der Waals surface area contributed by atoms with Crippen LogP contribution in [0.1, 0.15) is 57.2 Å². The third-order valence-corrected chi connectivity index (χ3v) is 6.26. The molecule has 0 unspecified atom stereocenters. The van der Waals surface area contributed by atoms with Gasteiger partial charge in [-0.3, -0.25) is 0 Å². The summed E-state index contributed by atoms with van der Waals surface area (Å²) >= 11 is 3.83. The van der Waals surface area contributed by atoms with Crippen LogP contribution in [0.25, 0.3) is 0 Å². The van der Waals surface area contributed by atoms with Crippen molar-refractivity contribution in [1.29, 1.82) is 0 Å². The third kappa shape index (κ3) is 3.96. The van der Waals surface area contributed by atoms with E-state index in [0.717, 1.165) is 13.1 Å². The predicted molar refractivity (Wildman–Crippen MR) is 87.2 cm³/mol. The topological polar surface area (TPSA) is 24.9 Å². The predicted octanol–water partition coefficient (Wildman–Crippen LogP) is 4.21. The Hall–Kier alpha value is -0.0600. The molecule has 1 aromatic heterocycles. The zero-order valence-corrected chi connectivity index (χ0v) is 14.2. The molecule has 0 saturated heterocycles. The van der Waals surface area contributed by atoms with Crippen LogP contribution in [0.3, 0.4) is 0 Å². The molecule has 0 atom stereocenters. The lowest BCUT2D eigenvalue weighted by Gasteiger charge is -2.26. The number of thioether (sulfide) groups is 1. The summed E-state index contributed by atoms with van der Waals surface area (Å²) in [4.78, 5) is 4.74. The van der Waals surface area contributed by atoms with Gasteiger partial charge in [-0.05, 0) is 19.1 Å². The van der Waals surface area contributed by atoms with Gasteiger partial charge in [-0.2, -0.15) is 11.8 Å². The first-order valence-corrected chi connectivity index (χ1v) is 9.26. The molecule has 0 aliphatic heterocycles. The fraction of sp³-hybridized carbons (Fsp3) is 0.800. The van der Waals surface area contributed by atoms with Crippen molar-refractivity contribution in [2.75, 3.05) is 12.8 Å². The smallest absolute Gasteiger partial charge is 0.107 e. The zero-order chi connectivity index (χ0) is 13.9. The van der Waals surface area contributed by atoms with Crippen molar-refractivity contribution in [3.05, 3.63) is 16.1 Å². The number of thiazole rings is 1. The fourth-order valence-electron chi connectivity index (χ4n) is 2.61. The molecular formula is C15H26N2S2. The second kappa shape index (κ2) is 6.15. The number of nitrogens with one attached hydrogen (secondary N) is 1. The molecule has 1 heterocycles. The molecule has 2 nitrogen and oxygen atoms in total. The average molecular weight is 299 g/mol. The van der Waals surface area contributed by atoms with E-state index in [-0.39, 0.29) is 5.41 Å². The lowest BCUT2D eigenvalue weighted by atomic mass is 9.93. The minimum atomic E-state index is 0.167. The maximum Gasteiger partial charge on any atom is 0.107 e. The van der Waals surface area contributed by atoms with E-state index >= 15 is 0 Å². The number of rotatable bonds is 5. The van der Waals surface area contributed by atoms with Gasteiger partial charge in [-0.15, -0.1) is 11.3 Å². The lowest BCUT2D eigenvalue weighted by Crippen LogP contribution is -2.34. The van der Waals surface area contributed by atoms with Crippen molar-refractivity contribution in [2.24, 2.45) is 0 Å². The summed E-state index contributed by atoms with van der Waals surface area (Å²) in [5.41, 5.74) is 1.38. The van der Waals surface area contributed by atoms with Crippen LogP contribution in [-0.4, -0.2) is 22.5 Å². The standard InChI is InChI=1S/C15H26N2S2/c1-14(2,3)12-10-19-13(17-12)9-16-11-15(18-4)7-5-6-8-15/h10,16H,5-9,11H2,1-4H3. The van der Waals surface area contributed by atoms with Crippen molar-refractivity contribution in [1.82, 2.24) is 10.3 Å². The zero-order valence-electron chi connectivity index (χ0n) is 12.6. The van der Waals surface area contributed by atoms with E-state index in [1.807, 2.05) is 11.8 Å². The van der Waals surface area contributed by atoms with Crippen LogP contribution in [0.4, 0.5) is 0 Å². The number of hydrogen-bond acceptors (Lipinski definition) is 4. The molecule has 0 aromatic carbocycles. The minimum Gasteiger partial charge on any atom is -0.309 e. The lowest BCUT2D eigenvalue weighted by molar-refractivity contribution is 0.529. The van der Waals surface area contributed by atoms with Crippen molar-refractivity contribution in [2.45, 2.75) is 63.2 Å². The number of nitrogens with zero attached hydrogens (tertiary/aromatic N) is 1. The molecule has 2 rings (SSSR count). The number of hydrogen-bond donors (Lipinski definition) is 1. The summed E-state index contributed by atoms with van der Waals surface area (Å²) in [5.74, 6) is 0. The highest BCUT2D eigenvalue weighted by Crippen LogP contribution is 2.39. The number of aromatic nitrogens is 1. The van der Waals surface area contributed by atoms with Gasteiger partial charge in [0, 0.05) is 28.6 Å². The van der Waals surface area contributed by atoms with Gasteiger partial charge in [0.1, 0.15) is 5.01 Å². The normalized spacial score (nSPS) is 18.9. The van der Waals surface area contributed by atoms with Crippen LogP contribution in [0, 0.1) is 0 Å². The van der Waals surface area contributed by atoms with Crippen LogP contribution in [0.5, 0.6) is 0 Å². The molecule has 1 fully saturated rings. The van der Waals surface area contributed by atoms with Crippen LogP contribution < -0.4 is 5.32 Å². The van der Waals surface area contributed by atoms with Crippen LogP contribution >= 0.6 is 23.1 Å². The maximum atomic E-state index is 4.74. The van der Waals surface area contributed by atoms with Gasteiger partial charge in [-0.1, -0.05) is 33.6 Å². The summed E-state index contributed by atoms with van der Waals surface area (Å²) in [6, 6.07) is 0.